The van der Waals surface area contributed by atoms with Gasteiger partial charge in [0.2, 0.25) is 0 Å². The number of hydrogen-bond donors (Lipinski definition) is 1. The van der Waals surface area contributed by atoms with Crippen molar-refractivity contribution in [3.8, 4) is 11.5 Å². The van der Waals surface area contributed by atoms with Gasteiger partial charge in [-0.25, -0.2) is 4.79 Å². The Bertz CT molecular complexity index is 1770. The van der Waals surface area contributed by atoms with Crippen LogP contribution in [0.1, 0.15) is 31.8 Å². The Morgan fingerprint density at radius 2 is 1.08 bits per heavy atom. The van der Waals surface area contributed by atoms with E-state index in [0.29, 0.717) is 10.6 Å². The first-order valence-corrected chi connectivity index (χ1v) is 14.6. The Morgan fingerprint density at radius 1 is 0.688 bits per heavy atom. The average molecular weight is 785 g/mol. The second-order valence-corrected chi connectivity index (χ2v) is 10.6. The molecule has 0 saturated carbocycles. The molecule has 0 bridgehead atoms. The van der Waals surface area contributed by atoms with Gasteiger partial charge in [0.15, 0.2) is 11.5 Å². The standard InChI is InChI=1S/C15H11Cl2NO5.C8H5Cl3O2.C7H7NO3.ClH/c1-22-14-11(17)7-6-10(16)13(14)15(19)23-8-9-4-2-3-5-12(9)18(20)21;1-13-7-5(10)3-2-4(9)6(7)8(11)12;9-5-6-3-1-2-4-7(6)8(10)11;/h2-7H,8H2,1H3;2-3H,1H3;1-4,9H,5H2;1H. The SMILES string of the molecule is COc1c(Cl)ccc(Cl)c1C(=O)Cl.COc1c(Cl)ccc(Cl)c1C(=O)OCc1ccccc1[N+](=O)[O-].Cl.O=[N+]([O-])c1ccccc1CO. The fourth-order valence-electron chi connectivity index (χ4n) is 3.69. The molecule has 1 N–H and O–H groups in total. The normalized spacial score (nSPS) is 9.75. The van der Waals surface area contributed by atoms with Gasteiger partial charge in [0.1, 0.15) is 12.2 Å². The Balaban J connectivity index is 0.000000391. The van der Waals surface area contributed by atoms with E-state index in [1.807, 2.05) is 0 Å². The molecule has 0 radical (unpaired) electrons. The van der Waals surface area contributed by atoms with Gasteiger partial charge in [-0.05, 0) is 48.0 Å². The minimum atomic E-state index is -0.785. The first kappa shape index (κ1) is 42.1. The van der Waals surface area contributed by atoms with Gasteiger partial charge in [0.05, 0.1) is 67.5 Å². The van der Waals surface area contributed by atoms with Gasteiger partial charge in [0, 0.05) is 12.1 Å². The number of carbonyl (C=O) groups is 2. The van der Waals surface area contributed by atoms with Crippen LogP contribution in [-0.2, 0) is 18.0 Å². The molecule has 4 rings (SSSR count). The second-order valence-electron chi connectivity index (χ2n) is 8.65. The minimum Gasteiger partial charge on any atom is -0.494 e. The molecule has 18 heteroatoms. The van der Waals surface area contributed by atoms with Crippen molar-refractivity contribution >= 4 is 93.0 Å². The van der Waals surface area contributed by atoms with E-state index in [1.54, 1.807) is 18.2 Å². The zero-order valence-corrected chi connectivity index (χ0v) is 29.3. The highest BCUT2D eigenvalue weighted by molar-refractivity contribution is 6.69. The Hall–Kier alpha value is -3.88. The maximum Gasteiger partial charge on any atom is 0.343 e. The lowest BCUT2D eigenvalue weighted by atomic mass is 10.2. The van der Waals surface area contributed by atoms with Gasteiger partial charge in [-0.1, -0.05) is 70.7 Å². The zero-order chi connectivity index (χ0) is 35.3. The van der Waals surface area contributed by atoms with Crippen LogP contribution in [-0.4, -0.2) is 40.4 Å². The first-order chi connectivity index (χ1) is 22.3. The van der Waals surface area contributed by atoms with Crippen LogP contribution in [0.15, 0.2) is 72.8 Å². The number of nitro benzene ring substituents is 2. The highest BCUT2D eigenvalue weighted by Gasteiger charge is 2.22. The molecule has 256 valence electrons. The van der Waals surface area contributed by atoms with E-state index in [1.165, 1.54) is 68.8 Å². The maximum atomic E-state index is 12.2. The third-order valence-corrected chi connectivity index (χ3v) is 7.25. The number of nitrogens with zero attached hydrogens (tertiary/aromatic N) is 2. The van der Waals surface area contributed by atoms with E-state index in [-0.39, 0.29) is 80.3 Å². The van der Waals surface area contributed by atoms with Gasteiger partial charge < -0.3 is 19.3 Å². The van der Waals surface area contributed by atoms with Crippen molar-refractivity contribution in [3.05, 3.63) is 135 Å². The minimum absolute atomic E-state index is 0. The molecule has 4 aromatic rings. The molecule has 0 aliphatic rings. The van der Waals surface area contributed by atoms with Crippen molar-refractivity contribution in [3.63, 3.8) is 0 Å². The summed E-state index contributed by atoms with van der Waals surface area (Å²) in [6.45, 7) is -0.570. The van der Waals surface area contributed by atoms with Crippen molar-refractivity contribution in [1.29, 1.82) is 0 Å². The van der Waals surface area contributed by atoms with Crippen LogP contribution in [0.25, 0.3) is 0 Å². The third-order valence-electron chi connectivity index (χ3n) is 5.83. The molecule has 12 nitrogen and oxygen atoms in total. The van der Waals surface area contributed by atoms with Crippen molar-refractivity contribution in [2.24, 2.45) is 0 Å². The molecule has 0 amide bonds. The maximum absolute atomic E-state index is 12.2. The topological polar surface area (TPSA) is 168 Å². The largest absolute Gasteiger partial charge is 0.494 e. The highest BCUT2D eigenvalue weighted by Crippen LogP contribution is 2.35. The van der Waals surface area contributed by atoms with E-state index in [9.17, 15) is 29.8 Å². The highest BCUT2D eigenvalue weighted by atomic mass is 35.5. The van der Waals surface area contributed by atoms with Gasteiger partial charge in [-0.2, -0.15) is 0 Å². The summed E-state index contributed by atoms with van der Waals surface area (Å²) in [6, 6.07) is 18.0. The molecule has 0 saturated heterocycles. The second kappa shape index (κ2) is 20.5. The van der Waals surface area contributed by atoms with E-state index in [0.717, 1.165) is 0 Å². The summed E-state index contributed by atoms with van der Waals surface area (Å²) >= 11 is 28.7. The molecule has 4 aromatic carbocycles. The fourth-order valence-corrected chi connectivity index (χ4v) is 4.85. The quantitative estimate of drug-likeness (QED) is 0.0748. The third kappa shape index (κ3) is 11.4. The number of aliphatic hydroxyl groups is 1. The Morgan fingerprint density at radius 3 is 1.48 bits per heavy atom. The molecular weight excluding hydrogens is 761 g/mol. The lowest BCUT2D eigenvalue weighted by molar-refractivity contribution is -0.386. The molecule has 0 aliphatic heterocycles. The number of nitro groups is 2. The number of rotatable bonds is 9. The number of ether oxygens (including phenoxy) is 3. The van der Waals surface area contributed by atoms with Crippen molar-refractivity contribution in [1.82, 2.24) is 0 Å². The van der Waals surface area contributed by atoms with Crippen LogP contribution < -0.4 is 9.47 Å². The number of carbonyl (C=O) groups excluding carboxylic acids is 2. The molecule has 0 aromatic heterocycles. The van der Waals surface area contributed by atoms with Crippen LogP contribution in [0.5, 0.6) is 11.5 Å². The van der Waals surface area contributed by atoms with Gasteiger partial charge in [0.25, 0.3) is 16.6 Å². The van der Waals surface area contributed by atoms with Crippen LogP contribution in [0.3, 0.4) is 0 Å². The van der Waals surface area contributed by atoms with E-state index in [4.69, 9.17) is 77.3 Å². The molecule has 0 atom stereocenters. The predicted octanol–water partition coefficient (Wildman–Crippen LogP) is 9.16. The number of methoxy groups -OCH3 is 2. The molecular formula is C30H24Cl6N2O10. The van der Waals surface area contributed by atoms with E-state index >= 15 is 0 Å². The molecule has 0 unspecified atom stereocenters. The number of esters is 1. The fraction of sp³-hybridized carbons (Fsp3) is 0.133. The number of halogens is 6. The van der Waals surface area contributed by atoms with Crippen molar-refractivity contribution in [2.45, 2.75) is 13.2 Å². The molecule has 48 heavy (non-hydrogen) atoms. The molecule has 0 aliphatic carbocycles. The molecule has 0 fully saturated rings. The smallest absolute Gasteiger partial charge is 0.343 e. The number of para-hydroxylation sites is 2. The van der Waals surface area contributed by atoms with Crippen molar-refractivity contribution in [2.75, 3.05) is 14.2 Å². The first-order valence-electron chi connectivity index (χ1n) is 12.7. The van der Waals surface area contributed by atoms with Gasteiger partial charge >= 0.3 is 5.97 Å². The Kier molecular flexibility index (Phi) is 18.0. The summed E-state index contributed by atoms with van der Waals surface area (Å²) < 4.78 is 15.1. The van der Waals surface area contributed by atoms with Crippen LogP contribution in [0.4, 0.5) is 11.4 Å². The summed E-state index contributed by atoms with van der Waals surface area (Å²) in [5.74, 6) is -0.492. The van der Waals surface area contributed by atoms with Crippen LogP contribution in [0, 0.1) is 20.2 Å². The lowest BCUT2D eigenvalue weighted by Gasteiger charge is -2.12. The number of aliphatic hydroxyl groups excluding tert-OH is 1. The van der Waals surface area contributed by atoms with Crippen LogP contribution >= 0.6 is 70.4 Å². The summed E-state index contributed by atoms with van der Waals surface area (Å²) in [4.78, 5) is 43.3. The molecule has 0 spiro atoms. The summed E-state index contributed by atoms with van der Waals surface area (Å²) in [5, 5.41) is 30.0. The van der Waals surface area contributed by atoms with Gasteiger partial charge in [-0.3, -0.25) is 25.0 Å². The lowest BCUT2D eigenvalue weighted by Crippen LogP contribution is -2.09. The van der Waals surface area contributed by atoms with E-state index < -0.39 is 21.1 Å². The van der Waals surface area contributed by atoms with Crippen LogP contribution in [0.2, 0.25) is 20.1 Å². The number of hydrogen-bond acceptors (Lipinski definition) is 10. The van der Waals surface area contributed by atoms with Gasteiger partial charge in [-0.15, -0.1) is 12.4 Å². The number of benzene rings is 4. The van der Waals surface area contributed by atoms with Crippen molar-refractivity contribution < 1.29 is 38.8 Å². The summed E-state index contributed by atoms with van der Waals surface area (Å²) in [6.07, 6.45) is 0. The predicted molar refractivity (Wildman–Crippen MR) is 185 cm³/mol. The van der Waals surface area contributed by atoms with E-state index in [2.05, 4.69) is 0 Å². The summed E-state index contributed by atoms with van der Waals surface area (Å²) in [7, 11) is 2.73. The monoisotopic (exact) mass is 782 g/mol. The average Bonchev–Trinajstić information content (AvgIpc) is 3.05. The summed E-state index contributed by atoms with van der Waals surface area (Å²) in [5.41, 5.74) is 0.513. The zero-order valence-electron chi connectivity index (χ0n) is 24.7. The Labute approximate surface area is 304 Å². The molecule has 0 heterocycles.